The number of carboxylic acid groups (broad SMARTS) is 2. The van der Waals surface area contributed by atoms with Crippen LogP contribution in [-0.2, 0) is 9.59 Å². The van der Waals surface area contributed by atoms with Crippen molar-refractivity contribution in [2.45, 2.75) is 13.0 Å². The fraction of sp³-hybridized carbons (Fsp3) is 0.286. The van der Waals surface area contributed by atoms with Crippen LogP contribution in [0.3, 0.4) is 0 Å². The molecule has 5 nitrogen and oxygen atoms in total. The summed E-state index contributed by atoms with van der Waals surface area (Å²) in [5.74, 6) is -2.09. The average Bonchev–Trinajstić information content (AvgIpc) is 2.36. The van der Waals surface area contributed by atoms with E-state index in [9.17, 15) is 9.59 Å². The summed E-state index contributed by atoms with van der Waals surface area (Å²) in [7, 11) is 0. The Morgan fingerprint density at radius 2 is 1.68 bits per heavy atom. The van der Waals surface area contributed by atoms with E-state index in [-0.39, 0.29) is 19.1 Å². The van der Waals surface area contributed by atoms with Crippen molar-refractivity contribution in [3.05, 3.63) is 42.0 Å². The molecule has 0 aliphatic rings. The van der Waals surface area contributed by atoms with Crippen molar-refractivity contribution in [2.75, 3.05) is 13.1 Å². The highest BCUT2D eigenvalue weighted by molar-refractivity contribution is 5.72. The molecule has 102 valence electrons. The van der Waals surface area contributed by atoms with Crippen molar-refractivity contribution < 1.29 is 19.8 Å². The lowest BCUT2D eigenvalue weighted by atomic mass is 10.0. The van der Waals surface area contributed by atoms with E-state index in [1.807, 2.05) is 24.3 Å². The van der Waals surface area contributed by atoms with Crippen LogP contribution >= 0.6 is 0 Å². The molecule has 0 aliphatic heterocycles. The highest BCUT2D eigenvalue weighted by Gasteiger charge is 2.20. The first-order valence-electron chi connectivity index (χ1n) is 5.84. The summed E-state index contributed by atoms with van der Waals surface area (Å²) in [6.45, 7) is 4.82. The third-order valence-corrected chi connectivity index (χ3v) is 2.88. The van der Waals surface area contributed by atoms with Crippen molar-refractivity contribution in [1.82, 2.24) is 4.90 Å². The van der Waals surface area contributed by atoms with Gasteiger partial charge in [-0.2, -0.15) is 0 Å². The Kier molecular flexibility index (Phi) is 5.26. The average molecular weight is 263 g/mol. The van der Waals surface area contributed by atoms with Crippen molar-refractivity contribution in [2.24, 2.45) is 0 Å². The van der Waals surface area contributed by atoms with Crippen molar-refractivity contribution >= 4 is 18.0 Å². The predicted octanol–water partition coefficient (Wildman–Crippen LogP) is 1.86. The number of benzene rings is 1. The zero-order valence-electron chi connectivity index (χ0n) is 10.7. The van der Waals surface area contributed by atoms with Gasteiger partial charge in [-0.3, -0.25) is 14.5 Å². The van der Waals surface area contributed by atoms with Crippen LogP contribution in [-0.4, -0.2) is 40.1 Å². The molecule has 1 atom stereocenters. The third kappa shape index (κ3) is 4.56. The topological polar surface area (TPSA) is 77.8 Å². The molecule has 0 aromatic heterocycles. The predicted molar refractivity (Wildman–Crippen MR) is 71.8 cm³/mol. The van der Waals surface area contributed by atoms with Gasteiger partial charge in [-0.1, -0.05) is 36.9 Å². The van der Waals surface area contributed by atoms with E-state index >= 15 is 0 Å². The van der Waals surface area contributed by atoms with Crippen LogP contribution in [0.2, 0.25) is 0 Å². The standard InChI is InChI=1S/C14H17NO4/c1-3-11-4-6-12(7-5-11)10(2)15(8-13(16)17)9-14(18)19/h3-7,10H,1,8-9H2,2H3,(H,16,17)(H,18,19). The normalized spacial score (nSPS) is 12.1. The number of aliphatic carboxylic acids is 2. The Morgan fingerprint density at radius 1 is 1.21 bits per heavy atom. The van der Waals surface area contributed by atoms with E-state index < -0.39 is 11.9 Å². The summed E-state index contributed by atoms with van der Waals surface area (Å²) < 4.78 is 0. The van der Waals surface area contributed by atoms with Gasteiger partial charge >= 0.3 is 11.9 Å². The first kappa shape index (κ1) is 14.9. The molecule has 0 fully saturated rings. The lowest BCUT2D eigenvalue weighted by Crippen LogP contribution is -2.36. The number of carbonyl (C=O) groups is 2. The summed E-state index contributed by atoms with van der Waals surface area (Å²) in [5, 5.41) is 17.7. The molecular weight excluding hydrogens is 246 g/mol. The molecule has 2 N–H and O–H groups in total. The maximum atomic E-state index is 10.8. The van der Waals surface area contributed by atoms with E-state index in [0.717, 1.165) is 11.1 Å². The van der Waals surface area contributed by atoms with Crippen LogP contribution in [0.1, 0.15) is 24.1 Å². The maximum absolute atomic E-state index is 10.8. The largest absolute Gasteiger partial charge is 0.480 e. The molecule has 0 saturated carbocycles. The SMILES string of the molecule is C=Cc1ccc(C(C)N(CC(=O)O)CC(=O)O)cc1. The Hall–Kier alpha value is -2.14. The van der Waals surface area contributed by atoms with Gasteiger partial charge < -0.3 is 10.2 Å². The molecular formula is C14H17NO4. The first-order valence-corrected chi connectivity index (χ1v) is 5.84. The van der Waals surface area contributed by atoms with Gasteiger partial charge in [0.15, 0.2) is 0 Å². The smallest absolute Gasteiger partial charge is 0.317 e. The molecule has 0 aliphatic carbocycles. The first-order chi connectivity index (χ1) is 8.93. The molecule has 1 aromatic rings. The van der Waals surface area contributed by atoms with Gasteiger partial charge in [-0.25, -0.2) is 0 Å². The number of hydrogen-bond acceptors (Lipinski definition) is 3. The summed E-state index contributed by atoms with van der Waals surface area (Å²) in [6, 6.07) is 7.12. The van der Waals surface area contributed by atoms with E-state index in [1.165, 1.54) is 4.90 Å². The van der Waals surface area contributed by atoms with Gasteiger partial charge in [0.1, 0.15) is 0 Å². The molecule has 0 radical (unpaired) electrons. The van der Waals surface area contributed by atoms with Crippen LogP contribution in [0.4, 0.5) is 0 Å². The Labute approximate surface area is 111 Å². The summed E-state index contributed by atoms with van der Waals surface area (Å²) in [6.07, 6.45) is 1.71. The quantitative estimate of drug-likeness (QED) is 0.785. The molecule has 0 spiro atoms. The highest BCUT2D eigenvalue weighted by Crippen LogP contribution is 2.20. The van der Waals surface area contributed by atoms with Crippen LogP contribution in [0.5, 0.6) is 0 Å². The number of rotatable bonds is 7. The van der Waals surface area contributed by atoms with E-state index in [2.05, 4.69) is 6.58 Å². The van der Waals surface area contributed by atoms with Crippen LogP contribution in [0.25, 0.3) is 6.08 Å². The maximum Gasteiger partial charge on any atom is 0.317 e. The minimum absolute atomic E-state index is 0.286. The highest BCUT2D eigenvalue weighted by atomic mass is 16.4. The second-order valence-corrected chi connectivity index (χ2v) is 4.24. The number of hydrogen-bond donors (Lipinski definition) is 2. The van der Waals surface area contributed by atoms with Crippen LogP contribution in [0, 0.1) is 0 Å². The molecule has 1 aromatic carbocycles. The Balaban J connectivity index is 2.89. The second kappa shape index (κ2) is 6.70. The molecule has 0 amide bonds. The fourth-order valence-electron chi connectivity index (χ4n) is 1.80. The van der Waals surface area contributed by atoms with Crippen molar-refractivity contribution in [1.29, 1.82) is 0 Å². The lowest BCUT2D eigenvalue weighted by Gasteiger charge is -2.26. The Morgan fingerprint density at radius 3 is 2.05 bits per heavy atom. The molecule has 19 heavy (non-hydrogen) atoms. The van der Waals surface area contributed by atoms with Gasteiger partial charge in [0.05, 0.1) is 13.1 Å². The minimum atomic E-state index is -1.05. The van der Waals surface area contributed by atoms with Gasteiger partial charge in [0, 0.05) is 6.04 Å². The van der Waals surface area contributed by atoms with Crippen LogP contribution < -0.4 is 0 Å². The minimum Gasteiger partial charge on any atom is -0.480 e. The summed E-state index contributed by atoms with van der Waals surface area (Å²) in [5.41, 5.74) is 1.83. The Bertz CT molecular complexity index is 451. The third-order valence-electron chi connectivity index (χ3n) is 2.88. The number of carboxylic acids is 2. The van der Waals surface area contributed by atoms with E-state index in [0.29, 0.717) is 0 Å². The zero-order valence-corrected chi connectivity index (χ0v) is 10.7. The summed E-state index contributed by atoms with van der Waals surface area (Å²) in [4.78, 5) is 23.0. The fourth-order valence-corrected chi connectivity index (χ4v) is 1.80. The van der Waals surface area contributed by atoms with Gasteiger partial charge in [-0.05, 0) is 18.1 Å². The van der Waals surface area contributed by atoms with E-state index in [4.69, 9.17) is 10.2 Å². The zero-order chi connectivity index (χ0) is 14.4. The molecule has 1 unspecified atom stereocenters. The monoisotopic (exact) mass is 263 g/mol. The number of nitrogens with zero attached hydrogens (tertiary/aromatic N) is 1. The molecule has 0 heterocycles. The lowest BCUT2D eigenvalue weighted by molar-refractivity contribution is -0.142. The second-order valence-electron chi connectivity index (χ2n) is 4.24. The molecule has 1 rings (SSSR count). The van der Waals surface area contributed by atoms with E-state index in [1.54, 1.807) is 13.0 Å². The van der Waals surface area contributed by atoms with Gasteiger partial charge in [0.2, 0.25) is 0 Å². The molecule has 0 bridgehead atoms. The van der Waals surface area contributed by atoms with Gasteiger partial charge in [-0.15, -0.1) is 0 Å². The summed E-state index contributed by atoms with van der Waals surface area (Å²) >= 11 is 0. The molecule has 5 heteroatoms. The van der Waals surface area contributed by atoms with Crippen molar-refractivity contribution in [3.8, 4) is 0 Å². The van der Waals surface area contributed by atoms with Crippen LogP contribution in [0.15, 0.2) is 30.8 Å². The molecule has 0 saturated heterocycles. The van der Waals surface area contributed by atoms with Crippen molar-refractivity contribution in [3.63, 3.8) is 0 Å². The van der Waals surface area contributed by atoms with Gasteiger partial charge in [0.25, 0.3) is 0 Å².